The first-order valence-electron chi connectivity index (χ1n) is 12.1. The third kappa shape index (κ3) is 6.17. The van der Waals surface area contributed by atoms with Crippen molar-refractivity contribution in [3.8, 4) is 0 Å². The molecule has 0 bridgehead atoms. The summed E-state index contributed by atoms with van der Waals surface area (Å²) < 4.78 is 6.98. The summed E-state index contributed by atoms with van der Waals surface area (Å²) in [4.78, 5) is 0. The minimum absolute atomic E-state index is 0. The lowest BCUT2D eigenvalue weighted by atomic mass is 9.99. The zero-order valence-electron chi connectivity index (χ0n) is 20.5. The number of hydrogen-bond acceptors (Lipinski definition) is 1. The Hall–Kier alpha value is -1.00. The third-order valence-corrected chi connectivity index (χ3v) is 14.0. The van der Waals surface area contributed by atoms with E-state index in [1.807, 2.05) is 0 Å². The summed E-state index contributed by atoms with van der Waals surface area (Å²) in [7, 11) is -2.48. The summed E-state index contributed by atoms with van der Waals surface area (Å²) in [6, 6.07) is 33.8. The zero-order valence-corrected chi connectivity index (χ0v) is 24.9. The molecule has 3 aromatic rings. The van der Waals surface area contributed by atoms with Crippen LogP contribution in [0, 0.1) is 11.8 Å². The van der Waals surface area contributed by atoms with E-state index in [1.165, 1.54) is 28.8 Å². The van der Waals surface area contributed by atoms with Crippen molar-refractivity contribution in [2.24, 2.45) is 11.8 Å². The van der Waals surface area contributed by atoms with Crippen LogP contribution in [0.25, 0.3) is 0 Å². The Labute approximate surface area is 221 Å². The van der Waals surface area contributed by atoms with E-state index < -0.39 is 17.0 Å². The van der Waals surface area contributed by atoms with Crippen molar-refractivity contribution in [2.75, 3.05) is 6.16 Å². The lowest BCUT2D eigenvalue weighted by Gasteiger charge is -2.34. The predicted octanol–water partition coefficient (Wildman–Crippen LogP) is 2.72. The Morgan fingerprint density at radius 2 is 1.18 bits per heavy atom. The average Bonchev–Trinajstić information content (AvgIpc) is 3.67. The normalized spacial score (nSPS) is 15.5. The maximum atomic E-state index is 6.98. The van der Waals surface area contributed by atoms with Gasteiger partial charge >= 0.3 is 0 Å². The highest BCUT2D eigenvalue weighted by Crippen LogP contribution is 2.58. The van der Waals surface area contributed by atoms with Crippen LogP contribution < -0.4 is 39.9 Å². The van der Waals surface area contributed by atoms with Crippen molar-refractivity contribution in [1.29, 1.82) is 0 Å². The molecule has 0 unspecified atom stereocenters. The molecule has 1 aliphatic carbocycles. The molecule has 0 radical (unpaired) electrons. The molecule has 0 heterocycles. The van der Waals surface area contributed by atoms with Crippen molar-refractivity contribution in [3.05, 3.63) is 91.0 Å². The number of hydrogen-bond donors (Lipinski definition) is 0. The standard InChI is InChI=1S/C29H38OPSi.HI/c1-23(2)29(3,4)32-30-28(24-20-21-24)22-31(25-14-8-5-9-15-25,26-16-10-6-11-17-26)27-18-12-7-13-19-27;/h5-19,23-24,28H,20-22,32H2,1-4H3;1H/q+1;/p-1/t28-;/m0./s1. The maximum absolute atomic E-state index is 6.98. The molecule has 3 aromatic carbocycles. The smallest absolute Gasteiger partial charge is 0.168 e. The fourth-order valence-corrected chi connectivity index (χ4v) is 10.5. The lowest BCUT2D eigenvalue weighted by Crippen LogP contribution is -3.00. The van der Waals surface area contributed by atoms with Crippen LogP contribution in [0.3, 0.4) is 0 Å². The minimum Gasteiger partial charge on any atom is -1.00 e. The van der Waals surface area contributed by atoms with Gasteiger partial charge in [0.25, 0.3) is 0 Å². The van der Waals surface area contributed by atoms with Crippen LogP contribution in [0.1, 0.15) is 40.5 Å². The highest BCUT2D eigenvalue weighted by molar-refractivity contribution is 7.95. The molecule has 4 rings (SSSR count). The zero-order chi connectivity index (χ0) is 22.6. The van der Waals surface area contributed by atoms with E-state index in [4.69, 9.17) is 4.43 Å². The van der Waals surface area contributed by atoms with Gasteiger partial charge in [0.1, 0.15) is 23.2 Å². The Bertz CT molecular complexity index is 878. The van der Waals surface area contributed by atoms with E-state index in [-0.39, 0.29) is 24.0 Å². The molecule has 0 spiro atoms. The van der Waals surface area contributed by atoms with Gasteiger partial charge in [-0.1, -0.05) is 82.3 Å². The molecule has 33 heavy (non-hydrogen) atoms. The van der Waals surface area contributed by atoms with Crippen LogP contribution in [-0.2, 0) is 4.43 Å². The summed E-state index contributed by atoms with van der Waals surface area (Å²) >= 11 is 0. The molecule has 0 aromatic heterocycles. The second-order valence-electron chi connectivity index (χ2n) is 10.3. The van der Waals surface area contributed by atoms with Crippen LogP contribution in [0.5, 0.6) is 0 Å². The second kappa shape index (κ2) is 11.6. The minimum atomic E-state index is -1.83. The van der Waals surface area contributed by atoms with Gasteiger partial charge in [-0.15, -0.1) is 0 Å². The summed E-state index contributed by atoms with van der Waals surface area (Å²) in [6.07, 6.45) is 4.10. The van der Waals surface area contributed by atoms with Gasteiger partial charge in [0.05, 0.1) is 12.3 Å². The molecule has 1 fully saturated rings. The molecule has 0 aliphatic heterocycles. The highest BCUT2D eigenvalue weighted by atomic mass is 127. The first-order chi connectivity index (χ1) is 15.4. The quantitative estimate of drug-likeness (QED) is 0.201. The molecular formula is C29H38IOPSi. The van der Waals surface area contributed by atoms with Crippen LogP contribution in [-0.4, -0.2) is 22.0 Å². The van der Waals surface area contributed by atoms with Gasteiger partial charge in [-0.2, -0.15) is 0 Å². The van der Waals surface area contributed by atoms with Crippen LogP contribution in [0.4, 0.5) is 0 Å². The first kappa shape index (κ1) is 26.6. The van der Waals surface area contributed by atoms with Crippen LogP contribution in [0.15, 0.2) is 91.0 Å². The van der Waals surface area contributed by atoms with Crippen molar-refractivity contribution in [3.63, 3.8) is 0 Å². The van der Waals surface area contributed by atoms with E-state index in [0.717, 1.165) is 12.1 Å². The molecule has 1 aliphatic rings. The molecule has 0 N–H and O–H groups in total. The fraction of sp³-hybridized carbons (Fsp3) is 0.379. The van der Waals surface area contributed by atoms with Crippen molar-refractivity contribution >= 4 is 32.9 Å². The summed E-state index contributed by atoms with van der Waals surface area (Å²) in [5.74, 6) is 1.38. The van der Waals surface area contributed by atoms with Crippen molar-refractivity contribution < 1.29 is 28.4 Å². The van der Waals surface area contributed by atoms with E-state index >= 15 is 0 Å². The molecule has 0 saturated heterocycles. The topological polar surface area (TPSA) is 9.23 Å². The van der Waals surface area contributed by atoms with Gasteiger partial charge < -0.3 is 28.4 Å². The lowest BCUT2D eigenvalue weighted by molar-refractivity contribution is -0.00000745. The summed E-state index contributed by atoms with van der Waals surface area (Å²) in [6.45, 7) is 9.50. The second-order valence-corrected chi connectivity index (χ2v) is 16.3. The summed E-state index contributed by atoms with van der Waals surface area (Å²) in [5, 5.41) is 4.73. The molecule has 4 heteroatoms. The van der Waals surface area contributed by atoms with Crippen LogP contribution >= 0.6 is 7.26 Å². The monoisotopic (exact) mass is 588 g/mol. The number of benzene rings is 3. The Kier molecular flexibility index (Phi) is 9.36. The Morgan fingerprint density at radius 1 is 0.788 bits per heavy atom. The van der Waals surface area contributed by atoms with E-state index in [2.05, 4.69) is 119 Å². The number of halogens is 1. The van der Waals surface area contributed by atoms with E-state index in [9.17, 15) is 0 Å². The van der Waals surface area contributed by atoms with E-state index in [0.29, 0.717) is 17.1 Å². The van der Waals surface area contributed by atoms with Gasteiger partial charge in [0, 0.05) is 0 Å². The number of rotatable bonds is 10. The van der Waals surface area contributed by atoms with Gasteiger partial charge in [0.15, 0.2) is 9.76 Å². The van der Waals surface area contributed by atoms with Gasteiger partial charge in [0.2, 0.25) is 0 Å². The summed E-state index contributed by atoms with van der Waals surface area (Å²) in [5.41, 5.74) is 0. The molecule has 1 nitrogen and oxygen atoms in total. The Balaban J connectivity index is 0.00000306. The highest BCUT2D eigenvalue weighted by Gasteiger charge is 2.50. The molecule has 1 saturated carbocycles. The predicted molar refractivity (Wildman–Crippen MR) is 145 cm³/mol. The molecule has 176 valence electrons. The maximum Gasteiger partial charge on any atom is 0.168 e. The fourth-order valence-electron chi connectivity index (χ4n) is 4.38. The van der Waals surface area contributed by atoms with Crippen LogP contribution in [0.2, 0.25) is 5.04 Å². The Morgan fingerprint density at radius 3 is 1.52 bits per heavy atom. The molecule has 1 atom stereocenters. The van der Waals surface area contributed by atoms with Crippen molar-refractivity contribution in [1.82, 2.24) is 0 Å². The SMILES string of the molecule is CC(C)C(C)(C)[SiH2]O[C@@H](C[P+](c1ccccc1)(c1ccccc1)c1ccccc1)C1CC1.[I-]. The molecule has 0 amide bonds. The average molecular weight is 589 g/mol. The van der Waals surface area contributed by atoms with Gasteiger partial charge in [-0.05, 0) is 66.1 Å². The third-order valence-electron chi connectivity index (χ3n) is 7.42. The largest absolute Gasteiger partial charge is 1.00 e. The molecular weight excluding hydrogens is 550 g/mol. The first-order valence-corrected chi connectivity index (χ1v) is 15.4. The van der Waals surface area contributed by atoms with E-state index in [1.54, 1.807) is 0 Å². The van der Waals surface area contributed by atoms with Gasteiger partial charge in [-0.3, -0.25) is 0 Å². The van der Waals surface area contributed by atoms with Gasteiger partial charge in [-0.25, -0.2) is 0 Å². The van der Waals surface area contributed by atoms with Crippen molar-refractivity contribution in [2.45, 2.75) is 51.7 Å².